The standard InChI is InChI=1S/C19H20N4O3/c1-3-25-15-8-6-14(7-9-15)11-20-17-13-22-23(2)18(17)19(24)21-12-16-5-4-10-26-16/h4-11,13H,3,12H2,1-2H3,(H,21,24). The van der Waals surface area contributed by atoms with Gasteiger partial charge in [0.1, 0.15) is 17.2 Å². The number of hydrogen-bond donors (Lipinski definition) is 1. The van der Waals surface area contributed by atoms with E-state index >= 15 is 0 Å². The van der Waals surface area contributed by atoms with Gasteiger partial charge in [-0.25, -0.2) is 0 Å². The van der Waals surface area contributed by atoms with E-state index in [1.807, 2.05) is 31.2 Å². The average Bonchev–Trinajstić information content (AvgIpc) is 3.29. The molecule has 2 heterocycles. The van der Waals surface area contributed by atoms with Gasteiger partial charge in [-0.05, 0) is 48.9 Å². The van der Waals surface area contributed by atoms with Crippen LogP contribution in [0.1, 0.15) is 28.7 Å². The number of aromatic nitrogens is 2. The number of nitrogens with zero attached hydrogens (tertiary/aromatic N) is 3. The van der Waals surface area contributed by atoms with Crippen LogP contribution in [0.5, 0.6) is 5.75 Å². The fourth-order valence-electron chi connectivity index (χ4n) is 2.41. The lowest BCUT2D eigenvalue weighted by Crippen LogP contribution is -2.25. The molecule has 1 N–H and O–H groups in total. The third-order valence-electron chi connectivity index (χ3n) is 3.68. The first kappa shape index (κ1) is 17.5. The summed E-state index contributed by atoms with van der Waals surface area (Å²) in [5, 5.41) is 6.94. The van der Waals surface area contributed by atoms with Crippen molar-refractivity contribution in [1.29, 1.82) is 0 Å². The maximum absolute atomic E-state index is 12.5. The van der Waals surface area contributed by atoms with Gasteiger partial charge in [0.2, 0.25) is 0 Å². The van der Waals surface area contributed by atoms with E-state index in [0.717, 1.165) is 11.3 Å². The number of aliphatic imine (C=N–C) groups is 1. The highest BCUT2D eigenvalue weighted by molar-refractivity contribution is 5.98. The van der Waals surface area contributed by atoms with Crippen LogP contribution in [0.2, 0.25) is 0 Å². The number of aryl methyl sites for hydroxylation is 1. The van der Waals surface area contributed by atoms with Crippen molar-refractivity contribution in [2.45, 2.75) is 13.5 Å². The second kappa shape index (κ2) is 8.15. The first-order valence-electron chi connectivity index (χ1n) is 8.27. The molecule has 0 aliphatic heterocycles. The highest BCUT2D eigenvalue weighted by Gasteiger charge is 2.16. The molecule has 0 saturated heterocycles. The smallest absolute Gasteiger partial charge is 0.272 e. The SMILES string of the molecule is CCOc1ccc(C=Nc2cnn(C)c2C(=O)NCc2ccco2)cc1. The minimum absolute atomic E-state index is 0.264. The van der Waals surface area contributed by atoms with Gasteiger partial charge in [-0.3, -0.25) is 14.5 Å². The van der Waals surface area contributed by atoms with Crippen molar-refractivity contribution in [3.05, 3.63) is 65.9 Å². The molecule has 7 nitrogen and oxygen atoms in total. The van der Waals surface area contributed by atoms with Gasteiger partial charge in [0.15, 0.2) is 5.69 Å². The van der Waals surface area contributed by atoms with E-state index in [4.69, 9.17) is 9.15 Å². The summed E-state index contributed by atoms with van der Waals surface area (Å²) in [6.45, 7) is 2.87. The molecule has 1 aromatic carbocycles. The summed E-state index contributed by atoms with van der Waals surface area (Å²) in [6.07, 6.45) is 4.82. The Labute approximate surface area is 151 Å². The molecule has 0 radical (unpaired) electrons. The molecule has 134 valence electrons. The Kier molecular flexibility index (Phi) is 5.48. The van der Waals surface area contributed by atoms with Gasteiger partial charge in [-0.1, -0.05) is 0 Å². The summed E-state index contributed by atoms with van der Waals surface area (Å²) in [6, 6.07) is 11.1. The Balaban J connectivity index is 1.71. The molecule has 7 heteroatoms. The summed E-state index contributed by atoms with van der Waals surface area (Å²) in [5.74, 6) is 1.23. The van der Waals surface area contributed by atoms with E-state index in [1.165, 1.54) is 4.68 Å². The summed E-state index contributed by atoms with van der Waals surface area (Å²) >= 11 is 0. The van der Waals surface area contributed by atoms with E-state index in [-0.39, 0.29) is 5.91 Å². The van der Waals surface area contributed by atoms with E-state index in [1.54, 1.807) is 37.9 Å². The molecule has 0 aliphatic rings. The lowest BCUT2D eigenvalue weighted by molar-refractivity contribution is 0.0939. The van der Waals surface area contributed by atoms with Gasteiger partial charge in [-0.2, -0.15) is 5.10 Å². The molecule has 3 rings (SSSR count). The first-order chi connectivity index (χ1) is 12.7. The van der Waals surface area contributed by atoms with Crippen LogP contribution in [-0.4, -0.2) is 28.5 Å². The molecule has 0 saturated carbocycles. The largest absolute Gasteiger partial charge is 0.494 e. The summed E-state index contributed by atoms with van der Waals surface area (Å²) in [7, 11) is 1.71. The number of ether oxygens (including phenoxy) is 1. The zero-order chi connectivity index (χ0) is 18.4. The predicted molar refractivity (Wildman–Crippen MR) is 98.0 cm³/mol. The molecule has 2 aromatic heterocycles. The fraction of sp³-hybridized carbons (Fsp3) is 0.211. The minimum atomic E-state index is -0.264. The molecular formula is C19H20N4O3. The summed E-state index contributed by atoms with van der Waals surface area (Å²) < 4.78 is 12.1. The third kappa shape index (κ3) is 4.18. The van der Waals surface area contributed by atoms with Crippen LogP contribution in [0.4, 0.5) is 5.69 Å². The molecule has 0 spiro atoms. The monoisotopic (exact) mass is 352 g/mol. The Morgan fingerprint density at radius 1 is 1.35 bits per heavy atom. The normalized spacial score (nSPS) is 11.0. The average molecular weight is 352 g/mol. The Morgan fingerprint density at radius 2 is 2.15 bits per heavy atom. The van der Waals surface area contributed by atoms with Gasteiger partial charge in [-0.15, -0.1) is 0 Å². The van der Waals surface area contributed by atoms with E-state index in [2.05, 4.69) is 15.4 Å². The maximum atomic E-state index is 12.5. The topological polar surface area (TPSA) is 81.7 Å². The molecular weight excluding hydrogens is 332 g/mol. The molecule has 0 unspecified atom stereocenters. The highest BCUT2D eigenvalue weighted by Crippen LogP contribution is 2.19. The Bertz CT molecular complexity index is 880. The zero-order valence-electron chi connectivity index (χ0n) is 14.7. The van der Waals surface area contributed by atoms with E-state index < -0.39 is 0 Å². The fourth-order valence-corrected chi connectivity index (χ4v) is 2.41. The number of rotatable bonds is 7. The number of hydrogen-bond acceptors (Lipinski definition) is 5. The minimum Gasteiger partial charge on any atom is -0.494 e. The molecule has 0 fully saturated rings. The second-order valence-corrected chi connectivity index (χ2v) is 5.52. The first-order valence-corrected chi connectivity index (χ1v) is 8.27. The van der Waals surface area contributed by atoms with Crippen LogP contribution in [0.25, 0.3) is 0 Å². The van der Waals surface area contributed by atoms with Gasteiger partial charge in [0.05, 0.1) is 25.6 Å². The maximum Gasteiger partial charge on any atom is 0.272 e. The van der Waals surface area contributed by atoms with Gasteiger partial charge >= 0.3 is 0 Å². The number of furan rings is 1. The van der Waals surface area contributed by atoms with Crippen LogP contribution >= 0.6 is 0 Å². The van der Waals surface area contributed by atoms with Crippen molar-refractivity contribution < 1.29 is 13.9 Å². The number of nitrogens with one attached hydrogen (secondary N) is 1. The number of amides is 1. The van der Waals surface area contributed by atoms with Crippen molar-refractivity contribution in [3.63, 3.8) is 0 Å². The van der Waals surface area contributed by atoms with Crippen molar-refractivity contribution in [2.24, 2.45) is 12.0 Å². The van der Waals surface area contributed by atoms with Crippen molar-refractivity contribution >= 4 is 17.8 Å². The third-order valence-corrected chi connectivity index (χ3v) is 3.68. The molecule has 1 amide bonds. The van der Waals surface area contributed by atoms with Gasteiger partial charge in [0.25, 0.3) is 5.91 Å². The van der Waals surface area contributed by atoms with E-state index in [0.29, 0.717) is 30.3 Å². The van der Waals surface area contributed by atoms with Crippen molar-refractivity contribution in [1.82, 2.24) is 15.1 Å². The number of carbonyl (C=O) groups is 1. The van der Waals surface area contributed by atoms with Gasteiger partial charge < -0.3 is 14.5 Å². The molecule has 0 bridgehead atoms. The summed E-state index contributed by atoms with van der Waals surface area (Å²) in [5.41, 5.74) is 1.79. The zero-order valence-corrected chi connectivity index (χ0v) is 14.7. The number of carbonyl (C=O) groups excluding carboxylic acids is 1. The van der Waals surface area contributed by atoms with E-state index in [9.17, 15) is 4.79 Å². The second-order valence-electron chi connectivity index (χ2n) is 5.52. The number of benzene rings is 1. The highest BCUT2D eigenvalue weighted by atomic mass is 16.5. The predicted octanol–water partition coefficient (Wildman–Crippen LogP) is 3.09. The van der Waals surface area contributed by atoms with Crippen LogP contribution in [0.3, 0.4) is 0 Å². The lowest BCUT2D eigenvalue weighted by atomic mass is 10.2. The molecule has 26 heavy (non-hydrogen) atoms. The van der Waals surface area contributed by atoms with Crippen molar-refractivity contribution in [2.75, 3.05) is 6.61 Å². The molecule has 0 atom stereocenters. The van der Waals surface area contributed by atoms with Crippen molar-refractivity contribution in [3.8, 4) is 5.75 Å². The van der Waals surface area contributed by atoms with Crippen LogP contribution in [0.15, 0.2) is 58.3 Å². The Hall–Kier alpha value is -3.35. The quantitative estimate of drug-likeness (QED) is 0.663. The van der Waals surface area contributed by atoms with Crippen LogP contribution in [0, 0.1) is 0 Å². The van der Waals surface area contributed by atoms with Crippen LogP contribution in [-0.2, 0) is 13.6 Å². The van der Waals surface area contributed by atoms with Crippen LogP contribution < -0.4 is 10.1 Å². The van der Waals surface area contributed by atoms with Gasteiger partial charge in [0, 0.05) is 13.3 Å². The molecule has 3 aromatic rings. The Morgan fingerprint density at radius 3 is 2.85 bits per heavy atom. The molecule has 0 aliphatic carbocycles. The summed E-state index contributed by atoms with van der Waals surface area (Å²) in [4.78, 5) is 16.9. The lowest BCUT2D eigenvalue weighted by Gasteiger charge is -2.05.